The number of nitrogens with zero attached hydrogens (tertiary/aromatic N) is 5. The fraction of sp³-hybridized carbons (Fsp3) is 0.400. The van der Waals surface area contributed by atoms with Crippen LogP contribution in [-0.2, 0) is 11.8 Å². The minimum atomic E-state index is -0.226. The maximum atomic E-state index is 12.8. The Bertz CT molecular complexity index is 950. The number of amides is 1. The minimum Gasteiger partial charge on any atom is -0.484 e. The average molecular weight is 381 g/mol. The number of piperidine rings is 1. The molecule has 1 saturated heterocycles. The van der Waals surface area contributed by atoms with E-state index in [0.717, 1.165) is 30.7 Å². The van der Waals surface area contributed by atoms with E-state index in [-0.39, 0.29) is 18.6 Å². The van der Waals surface area contributed by atoms with Gasteiger partial charge in [-0.15, -0.1) is 0 Å². The topological polar surface area (TPSA) is 86.3 Å². The fourth-order valence-corrected chi connectivity index (χ4v) is 3.53. The highest BCUT2D eigenvalue weighted by Crippen LogP contribution is 2.31. The normalized spacial score (nSPS) is 16.9. The third kappa shape index (κ3) is 3.76. The Morgan fingerprint density at radius 1 is 1.29 bits per heavy atom. The summed E-state index contributed by atoms with van der Waals surface area (Å²) in [6.07, 6.45) is 2.76. The monoisotopic (exact) mass is 381 g/mol. The van der Waals surface area contributed by atoms with E-state index in [1.54, 1.807) is 9.58 Å². The number of ether oxygens (including phenoxy) is 1. The lowest BCUT2D eigenvalue weighted by atomic mass is 10.0. The first-order chi connectivity index (χ1) is 13.6. The molecule has 0 radical (unpaired) electrons. The fourth-order valence-electron chi connectivity index (χ4n) is 3.53. The first-order valence-electron chi connectivity index (χ1n) is 9.44. The standard InChI is InChI=1S/C20H23N5O3/c1-14-12-17(24(2)22-14)19-21-20(28-23-19)16-10-6-7-11-25(16)18(26)13-27-15-8-4-3-5-9-15/h3-5,8-9,12,16H,6-7,10-11,13H2,1-2H3/t16-/m1/s1. The highest BCUT2D eigenvalue weighted by atomic mass is 16.5. The van der Waals surface area contributed by atoms with Crippen LogP contribution in [0.5, 0.6) is 5.75 Å². The van der Waals surface area contributed by atoms with Crippen molar-refractivity contribution in [2.45, 2.75) is 32.2 Å². The summed E-state index contributed by atoms with van der Waals surface area (Å²) in [4.78, 5) is 19.1. The van der Waals surface area contributed by atoms with Crippen molar-refractivity contribution in [3.63, 3.8) is 0 Å². The van der Waals surface area contributed by atoms with Crippen LogP contribution in [0.15, 0.2) is 40.9 Å². The van der Waals surface area contributed by atoms with Crippen LogP contribution in [0.1, 0.15) is 36.9 Å². The number of aromatic nitrogens is 4. The summed E-state index contributed by atoms with van der Waals surface area (Å²) in [6, 6.07) is 11.0. The number of likely N-dealkylation sites (tertiary alicyclic amines) is 1. The van der Waals surface area contributed by atoms with Crippen molar-refractivity contribution >= 4 is 5.91 Å². The molecule has 3 aromatic rings. The molecule has 0 bridgehead atoms. The molecule has 4 rings (SSSR count). The van der Waals surface area contributed by atoms with Gasteiger partial charge >= 0.3 is 0 Å². The zero-order valence-electron chi connectivity index (χ0n) is 16.0. The van der Waals surface area contributed by atoms with Gasteiger partial charge in [0.1, 0.15) is 17.5 Å². The van der Waals surface area contributed by atoms with Crippen molar-refractivity contribution in [1.82, 2.24) is 24.8 Å². The van der Waals surface area contributed by atoms with Crippen LogP contribution in [0.3, 0.4) is 0 Å². The highest BCUT2D eigenvalue weighted by molar-refractivity contribution is 5.78. The minimum absolute atomic E-state index is 0.0115. The molecule has 1 aromatic carbocycles. The van der Waals surface area contributed by atoms with Crippen LogP contribution in [0.25, 0.3) is 11.5 Å². The molecule has 0 N–H and O–H groups in total. The van der Waals surface area contributed by atoms with Crippen molar-refractivity contribution in [1.29, 1.82) is 0 Å². The molecule has 0 spiro atoms. The quantitative estimate of drug-likeness (QED) is 0.675. The van der Waals surface area contributed by atoms with Gasteiger partial charge in [0.15, 0.2) is 6.61 Å². The van der Waals surface area contributed by atoms with Crippen molar-refractivity contribution in [2.24, 2.45) is 7.05 Å². The van der Waals surface area contributed by atoms with Gasteiger partial charge in [0.2, 0.25) is 11.7 Å². The second-order valence-electron chi connectivity index (χ2n) is 6.95. The van der Waals surface area contributed by atoms with Gasteiger partial charge in [0, 0.05) is 13.6 Å². The van der Waals surface area contributed by atoms with Gasteiger partial charge in [-0.25, -0.2) is 0 Å². The molecular formula is C20H23N5O3. The Hall–Kier alpha value is -3.16. The predicted octanol–water partition coefficient (Wildman–Crippen LogP) is 2.91. The zero-order chi connectivity index (χ0) is 19.5. The first-order valence-corrected chi connectivity index (χ1v) is 9.44. The lowest BCUT2D eigenvalue weighted by Crippen LogP contribution is -2.41. The van der Waals surface area contributed by atoms with Crippen molar-refractivity contribution in [2.75, 3.05) is 13.2 Å². The number of benzene rings is 1. The third-order valence-corrected chi connectivity index (χ3v) is 4.89. The Labute approximate surface area is 163 Å². The molecule has 1 atom stereocenters. The molecule has 1 aliphatic rings. The van der Waals surface area contributed by atoms with Crippen LogP contribution < -0.4 is 4.74 Å². The molecule has 0 aliphatic carbocycles. The third-order valence-electron chi connectivity index (χ3n) is 4.89. The molecule has 8 heteroatoms. The molecule has 3 heterocycles. The maximum absolute atomic E-state index is 12.8. The molecule has 8 nitrogen and oxygen atoms in total. The summed E-state index contributed by atoms with van der Waals surface area (Å²) in [7, 11) is 1.84. The van der Waals surface area contributed by atoms with Gasteiger partial charge in [0.25, 0.3) is 5.91 Å². The van der Waals surface area contributed by atoms with E-state index in [4.69, 9.17) is 9.26 Å². The van der Waals surface area contributed by atoms with E-state index in [9.17, 15) is 4.79 Å². The summed E-state index contributed by atoms with van der Waals surface area (Å²) in [5, 5.41) is 8.43. The zero-order valence-corrected chi connectivity index (χ0v) is 16.0. The van der Waals surface area contributed by atoms with Crippen molar-refractivity contribution in [3.05, 3.63) is 48.0 Å². The summed E-state index contributed by atoms with van der Waals surface area (Å²) in [6.45, 7) is 2.56. The van der Waals surface area contributed by atoms with E-state index < -0.39 is 0 Å². The second kappa shape index (κ2) is 7.84. The summed E-state index contributed by atoms with van der Waals surface area (Å²) in [5.74, 6) is 1.54. The number of hydrogen-bond donors (Lipinski definition) is 0. The largest absolute Gasteiger partial charge is 0.484 e. The van der Waals surface area contributed by atoms with Crippen molar-refractivity contribution < 1.29 is 14.1 Å². The van der Waals surface area contributed by atoms with Gasteiger partial charge in [-0.3, -0.25) is 9.48 Å². The number of rotatable bonds is 5. The van der Waals surface area contributed by atoms with Crippen LogP contribution >= 0.6 is 0 Å². The number of aryl methyl sites for hydroxylation is 2. The SMILES string of the molecule is Cc1cc(-c2noc([C@H]3CCCCN3C(=O)COc3ccccc3)n2)n(C)n1. The lowest BCUT2D eigenvalue weighted by molar-refractivity contribution is -0.138. The van der Waals surface area contributed by atoms with Crippen LogP contribution in [-0.4, -0.2) is 43.9 Å². The highest BCUT2D eigenvalue weighted by Gasteiger charge is 2.32. The number of carbonyl (C=O) groups excluding carboxylic acids is 1. The Morgan fingerprint density at radius 3 is 2.86 bits per heavy atom. The maximum Gasteiger partial charge on any atom is 0.261 e. The Balaban J connectivity index is 1.49. The lowest BCUT2D eigenvalue weighted by Gasteiger charge is -2.33. The van der Waals surface area contributed by atoms with Crippen LogP contribution in [0, 0.1) is 6.92 Å². The van der Waals surface area contributed by atoms with Crippen LogP contribution in [0.2, 0.25) is 0 Å². The molecule has 146 valence electrons. The smallest absolute Gasteiger partial charge is 0.261 e. The molecular weight excluding hydrogens is 358 g/mol. The van der Waals surface area contributed by atoms with E-state index >= 15 is 0 Å². The molecule has 1 aliphatic heterocycles. The summed E-state index contributed by atoms with van der Waals surface area (Å²) >= 11 is 0. The number of carbonyl (C=O) groups is 1. The second-order valence-corrected chi connectivity index (χ2v) is 6.95. The van der Waals surface area contributed by atoms with Gasteiger partial charge in [-0.2, -0.15) is 10.1 Å². The number of para-hydroxylation sites is 1. The summed E-state index contributed by atoms with van der Waals surface area (Å²) < 4.78 is 12.9. The molecule has 0 unspecified atom stereocenters. The van der Waals surface area contributed by atoms with Gasteiger partial charge < -0.3 is 14.2 Å². The summed E-state index contributed by atoms with van der Waals surface area (Å²) in [5.41, 5.74) is 1.67. The molecule has 1 amide bonds. The number of hydrogen-bond acceptors (Lipinski definition) is 6. The molecule has 28 heavy (non-hydrogen) atoms. The molecule has 2 aromatic heterocycles. The van der Waals surface area contributed by atoms with E-state index in [1.165, 1.54) is 0 Å². The van der Waals surface area contributed by atoms with E-state index in [0.29, 0.717) is 24.0 Å². The Kier molecular flexibility index (Phi) is 5.10. The molecule has 0 saturated carbocycles. The molecule has 1 fully saturated rings. The first kappa shape index (κ1) is 18.2. The predicted molar refractivity (Wildman–Crippen MR) is 101 cm³/mol. The average Bonchev–Trinajstić information content (AvgIpc) is 3.33. The van der Waals surface area contributed by atoms with Gasteiger partial charge in [-0.05, 0) is 44.4 Å². The van der Waals surface area contributed by atoms with Gasteiger partial charge in [-0.1, -0.05) is 23.4 Å². The van der Waals surface area contributed by atoms with Crippen molar-refractivity contribution in [3.8, 4) is 17.3 Å². The van der Waals surface area contributed by atoms with E-state index in [2.05, 4.69) is 15.2 Å². The van der Waals surface area contributed by atoms with E-state index in [1.807, 2.05) is 50.4 Å². The van der Waals surface area contributed by atoms with Crippen LogP contribution in [0.4, 0.5) is 0 Å². The Morgan fingerprint density at radius 2 is 2.11 bits per heavy atom. The van der Waals surface area contributed by atoms with Gasteiger partial charge in [0.05, 0.1) is 5.69 Å².